The van der Waals surface area contributed by atoms with Crippen LogP contribution >= 0.6 is 11.8 Å². The molecule has 0 bridgehead atoms. The van der Waals surface area contributed by atoms with Crippen molar-refractivity contribution in [2.45, 2.75) is 24.0 Å². The van der Waals surface area contributed by atoms with Crippen LogP contribution in [0.3, 0.4) is 0 Å². The van der Waals surface area contributed by atoms with Crippen molar-refractivity contribution in [1.82, 2.24) is 0 Å². The van der Waals surface area contributed by atoms with Crippen LogP contribution in [-0.4, -0.2) is 11.7 Å². The van der Waals surface area contributed by atoms with Gasteiger partial charge in [-0.2, -0.15) is 0 Å². The Morgan fingerprint density at radius 1 is 1.00 bits per heavy atom. The highest BCUT2D eigenvalue weighted by Gasteiger charge is 2.12. The Morgan fingerprint density at radius 2 is 1.61 bits per heavy atom. The van der Waals surface area contributed by atoms with E-state index in [1.54, 1.807) is 11.8 Å². The van der Waals surface area contributed by atoms with Crippen molar-refractivity contribution in [2.24, 2.45) is 0 Å². The highest BCUT2D eigenvalue weighted by Crippen LogP contribution is 2.35. The van der Waals surface area contributed by atoms with E-state index in [4.69, 9.17) is 0 Å². The van der Waals surface area contributed by atoms with E-state index in [0.717, 1.165) is 0 Å². The largest absolute Gasteiger partial charge is 0.395 e. The molecule has 0 aliphatic carbocycles. The number of benzene rings is 2. The van der Waals surface area contributed by atoms with E-state index in [1.165, 1.54) is 21.6 Å². The first kappa shape index (κ1) is 13.2. The van der Waals surface area contributed by atoms with Crippen LogP contribution in [0, 0.1) is 13.8 Å². The summed E-state index contributed by atoms with van der Waals surface area (Å²) in [7, 11) is 0. The van der Waals surface area contributed by atoms with Crippen molar-refractivity contribution in [3.05, 3.63) is 65.2 Å². The average Bonchev–Trinajstić information content (AvgIpc) is 2.36. The van der Waals surface area contributed by atoms with Gasteiger partial charge in [-0.25, -0.2) is 0 Å². The number of hydrogen-bond acceptors (Lipinski definition) is 2. The van der Waals surface area contributed by atoms with E-state index in [0.29, 0.717) is 0 Å². The van der Waals surface area contributed by atoms with Crippen molar-refractivity contribution >= 4 is 11.8 Å². The summed E-state index contributed by atoms with van der Waals surface area (Å²) in [5.74, 6) is 0. The van der Waals surface area contributed by atoms with Crippen molar-refractivity contribution in [1.29, 1.82) is 0 Å². The predicted molar refractivity (Wildman–Crippen MR) is 78.0 cm³/mol. The molecule has 1 atom stereocenters. The summed E-state index contributed by atoms with van der Waals surface area (Å²) in [5, 5.41) is 9.66. The molecule has 0 unspecified atom stereocenters. The first-order chi connectivity index (χ1) is 8.69. The smallest absolute Gasteiger partial charge is 0.0594 e. The molecule has 18 heavy (non-hydrogen) atoms. The van der Waals surface area contributed by atoms with Gasteiger partial charge in [-0.1, -0.05) is 36.4 Å². The molecule has 2 rings (SSSR count). The number of aliphatic hydroxyl groups excluding tert-OH is 1. The van der Waals surface area contributed by atoms with Gasteiger partial charge in [0.25, 0.3) is 0 Å². The molecular weight excluding hydrogens is 240 g/mol. The van der Waals surface area contributed by atoms with Crippen LogP contribution in [0.2, 0.25) is 0 Å². The van der Waals surface area contributed by atoms with Gasteiger partial charge >= 0.3 is 0 Å². The summed E-state index contributed by atoms with van der Waals surface area (Å²) in [5.41, 5.74) is 3.70. The van der Waals surface area contributed by atoms with Crippen molar-refractivity contribution in [3.63, 3.8) is 0 Å². The fourth-order valence-corrected chi connectivity index (χ4v) is 3.25. The SMILES string of the molecule is Cc1cc(C)cc(S[C@H](CO)c2ccccc2)c1. The van der Waals surface area contributed by atoms with Crippen molar-refractivity contribution < 1.29 is 5.11 Å². The van der Waals surface area contributed by atoms with Crippen LogP contribution in [0.4, 0.5) is 0 Å². The lowest BCUT2D eigenvalue weighted by Crippen LogP contribution is -1.99. The summed E-state index contributed by atoms with van der Waals surface area (Å²) in [6, 6.07) is 16.7. The van der Waals surface area contributed by atoms with E-state index in [9.17, 15) is 5.11 Å². The van der Waals surface area contributed by atoms with Crippen LogP contribution in [-0.2, 0) is 0 Å². The summed E-state index contributed by atoms with van der Waals surface area (Å²) >= 11 is 1.72. The Kier molecular flexibility index (Phi) is 4.45. The zero-order chi connectivity index (χ0) is 13.0. The number of aryl methyl sites for hydroxylation is 2. The molecule has 0 spiro atoms. The molecule has 94 valence electrons. The Bertz CT molecular complexity index is 488. The molecule has 0 saturated carbocycles. The molecule has 0 amide bonds. The summed E-state index contributed by atoms with van der Waals surface area (Å²) in [6.07, 6.45) is 0. The quantitative estimate of drug-likeness (QED) is 0.832. The van der Waals surface area contributed by atoms with Gasteiger partial charge in [0.15, 0.2) is 0 Å². The maximum atomic E-state index is 9.56. The first-order valence-electron chi connectivity index (χ1n) is 6.10. The maximum Gasteiger partial charge on any atom is 0.0594 e. The fraction of sp³-hybridized carbons (Fsp3) is 0.250. The number of aliphatic hydroxyl groups is 1. The zero-order valence-corrected chi connectivity index (χ0v) is 11.6. The van der Waals surface area contributed by atoms with E-state index < -0.39 is 0 Å². The summed E-state index contributed by atoms with van der Waals surface area (Å²) < 4.78 is 0. The van der Waals surface area contributed by atoms with Crippen molar-refractivity contribution in [2.75, 3.05) is 6.61 Å². The molecule has 0 heterocycles. The topological polar surface area (TPSA) is 20.2 Å². The van der Waals surface area contributed by atoms with Crippen LogP contribution in [0.15, 0.2) is 53.4 Å². The second kappa shape index (κ2) is 6.07. The molecule has 0 radical (unpaired) electrons. The summed E-state index contributed by atoms with van der Waals surface area (Å²) in [6.45, 7) is 4.36. The lowest BCUT2D eigenvalue weighted by atomic mass is 10.1. The van der Waals surface area contributed by atoms with Crippen LogP contribution in [0.5, 0.6) is 0 Å². The zero-order valence-electron chi connectivity index (χ0n) is 10.8. The molecule has 2 heteroatoms. The molecular formula is C16H18OS. The molecule has 0 saturated heterocycles. The third kappa shape index (κ3) is 3.37. The minimum Gasteiger partial charge on any atom is -0.395 e. The van der Waals surface area contributed by atoms with Gasteiger partial charge in [0.1, 0.15) is 0 Å². The standard InChI is InChI=1S/C16H18OS/c1-12-8-13(2)10-15(9-12)18-16(11-17)14-6-4-3-5-7-14/h3-10,16-17H,11H2,1-2H3/t16-/m1/s1. The number of thioether (sulfide) groups is 1. The molecule has 0 aliphatic rings. The van der Waals surface area contributed by atoms with Gasteiger partial charge in [0, 0.05) is 4.90 Å². The fourth-order valence-electron chi connectivity index (χ4n) is 2.04. The minimum absolute atomic E-state index is 0.104. The Balaban J connectivity index is 2.20. The van der Waals surface area contributed by atoms with Gasteiger partial charge in [0.2, 0.25) is 0 Å². The normalized spacial score (nSPS) is 12.4. The van der Waals surface area contributed by atoms with Crippen LogP contribution in [0.1, 0.15) is 21.9 Å². The molecule has 1 N–H and O–H groups in total. The Labute approximate surface area is 113 Å². The second-order valence-electron chi connectivity index (χ2n) is 4.52. The van der Waals surface area contributed by atoms with Gasteiger partial charge in [-0.15, -0.1) is 11.8 Å². The minimum atomic E-state index is 0.104. The monoisotopic (exact) mass is 258 g/mol. The van der Waals surface area contributed by atoms with Crippen LogP contribution in [0.25, 0.3) is 0 Å². The van der Waals surface area contributed by atoms with E-state index in [1.807, 2.05) is 18.2 Å². The third-order valence-electron chi connectivity index (χ3n) is 2.81. The number of rotatable bonds is 4. The Hall–Kier alpha value is -1.25. The molecule has 0 fully saturated rings. The highest BCUT2D eigenvalue weighted by atomic mass is 32.2. The van der Waals surface area contributed by atoms with Gasteiger partial charge in [-0.3, -0.25) is 0 Å². The molecule has 0 aliphatic heterocycles. The predicted octanol–water partition coefficient (Wildman–Crippen LogP) is 4.13. The van der Waals surface area contributed by atoms with E-state index in [2.05, 4.69) is 44.2 Å². The van der Waals surface area contributed by atoms with Crippen molar-refractivity contribution in [3.8, 4) is 0 Å². The first-order valence-corrected chi connectivity index (χ1v) is 6.98. The van der Waals surface area contributed by atoms with Crippen LogP contribution < -0.4 is 0 Å². The number of hydrogen-bond donors (Lipinski definition) is 1. The molecule has 2 aromatic rings. The summed E-state index contributed by atoms with van der Waals surface area (Å²) in [4.78, 5) is 1.22. The van der Waals surface area contributed by atoms with E-state index in [-0.39, 0.29) is 11.9 Å². The third-order valence-corrected chi connectivity index (χ3v) is 4.02. The highest BCUT2D eigenvalue weighted by molar-refractivity contribution is 7.99. The molecule has 1 nitrogen and oxygen atoms in total. The molecule has 2 aromatic carbocycles. The molecule has 0 aromatic heterocycles. The maximum absolute atomic E-state index is 9.56. The van der Waals surface area contributed by atoms with Gasteiger partial charge in [0.05, 0.1) is 11.9 Å². The second-order valence-corrected chi connectivity index (χ2v) is 5.80. The average molecular weight is 258 g/mol. The van der Waals surface area contributed by atoms with E-state index >= 15 is 0 Å². The lowest BCUT2D eigenvalue weighted by molar-refractivity contribution is 0.296. The van der Waals surface area contributed by atoms with Gasteiger partial charge in [-0.05, 0) is 42.7 Å². The Morgan fingerprint density at radius 3 is 2.17 bits per heavy atom. The lowest BCUT2D eigenvalue weighted by Gasteiger charge is -2.15. The van der Waals surface area contributed by atoms with Gasteiger partial charge < -0.3 is 5.11 Å².